The molecule has 1 atom stereocenters. The molecule has 5 heteroatoms. The van der Waals surface area contributed by atoms with Crippen LogP contribution in [0, 0.1) is 5.92 Å². The molecule has 1 unspecified atom stereocenters. The van der Waals surface area contributed by atoms with Crippen molar-refractivity contribution < 1.29 is 14.3 Å². The van der Waals surface area contributed by atoms with Crippen molar-refractivity contribution in [1.29, 1.82) is 0 Å². The van der Waals surface area contributed by atoms with Crippen LogP contribution in [-0.2, 0) is 14.3 Å². The van der Waals surface area contributed by atoms with E-state index in [4.69, 9.17) is 9.47 Å². The van der Waals surface area contributed by atoms with E-state index in [2.05, 4.69) is 16.8 Å². The maximum Gasteiger partial charge on any atom is 0.248 e. The number of carbonyl (C=O) groups is 1. The lowest BCUT2D eigenvalue weighted by molar-refractivity contribution is -0.140. The van der Waals surface area contributed by atoms with E-state index in [9.17, 15) is 4.79 Å². The van der Waals surface area contributed by atoms with Crippen LogP contribution in [0.1, 0.15) is 26.2 Å². The first kappa shape index (κ1) is 15.7. The number of piperidine rings is 1. The molecule has 116 valence electrons. The molecule has 2 heterocycles. The first-order chi connectivity index (χ1) is 9.70. The maximum atomic E-state index is 12.4. The Labute approximate surface area is 122 Å². The molecule has 2 fully saturated rings. The Kier molecular flexibility index (Phi) is 6.26. The van der Waals surface area contributed by atoms with Gasteiger partial charge in [-0.1, -0.05) is 0 Å². The zero-order valence-corrected chi connectivity index (χ0v) is 12.8. The molecule has 0 bridgehead atoms. The molecular formula is C15H28N2O3. The molecule has 2 saturated heterocycles. The van der Waals surface area contributed by atoms with Gasteiger partial charge >= 0.3 is 0 Å². The van der Waals surface area contributed by atoms with Gasteiger partial charge in [0.15, 0.2) is 0 Å². The van der Waals surface area contributed by atoms with E-state index in [1.807, 2.05) is 6.92 Å². The topological polar surface area (TPSA) is 42.0 Å². The summed E-state index contributed by atoms with van der Waals surface area (Å²) >= 11 is 0. The van der Waals surface area contributed by atoms with Crippen LogP contribution >= 0.6 is 0 Å². The first-order valence-corrected chi connectivity index (χ1v) is 7.84. The van der Waals surface area contributed by atoms with Gasteiger partial charge in [-0.2, -0.15) is 0 Å². The van der Waals surface area contributed by atoms with Crippen molar-refractivity contribution in [3.8, 4) is 0 Å². The Morgan fingerprint density at radius 2 is 2.10 bits per heavy atom. The second-order valence-corrected chi connectivity index (χ2v) is 5.95. The van der Waals surface area contributed by atoms with Gasteiger partial charge in [0.2, 0.25) is 5.91 Å². The van der Waals surface area contributed by atoms with E-state index in [0.29, 0.717) is 18.6 Å². The van der Waals surface area contributed by atoms with Crippen molar-refractivity contribution in [2.24, 2.45) is 5.92 Å². The predicted molar refractivity (Wildman–Crippen MR) is 77.7 cm³/mol. The molecule has 0 aromatic heterocycles. The molecule has 20 heavy (non-hydrogen) atoms. The Morgan fingerprint density at radius 1 is 1.35 bits per heavy atom. The van der Waals surface area contributed by atoms with Crippen LogP contribution in [-0.4, -0.2) is 74.9 Å². The third-order valence-electron chi connectivity index (χ3n) is 4.36. The lowest BCUT2D eigenvalue weighted by Gasteiger charge is -2.38. The number of amides is 1. The van der Waals surface area contributed by atoms with Crippen molar-refractivity contribution in [2.45, 2.75) is 32.2 Å². The van der Waals surface area contributed by atoms with E-state index in [0.717, 1.165) is 52.1 Å². The minimum absolute atomic E-state index is 0.147. The van der Waals surface area contributed by atoms with E-state index < -0.39 is 0 Å². The fourth-order valence-corrected chi connectivity index (χ4v) is 3.04. The largest absolute Gasteiger partial charge is 0.381 e. The van der Waals surface area contributed by atoms with Crippen LogP contribution in [0.3, 0.4) is 0 Å². The average molecular weight is 284 g/mol. The molecule has 5 nitrogen and oxygen atoms in total. The highest BCUT2D eigenvalue weighted by molar-refractivity contribution is 5.77. The number of nitrogens with zero attached hydrogens (tertiary/aromatic N) is 2. The van der Waals surface area contributed by atoms with Gasteiger partial charge in [0.05, 0.1) is 6.61 Å². The van der Waals surface area contributed by atoms with Gasteiger partial charge in [0, 0.05) is 31.7 Å². The van der Waals surface area contributed by atoms with Gasteiger partial charge in [-0.15, -0.1) is 0 Å². The molecule has 0 saturated carbocycles. The maximum absolute atomic E-state index is 12.4. The van der Waals surface area contributed by atoms with Crippen molar-refractivity contribution in [3.05, 3.63) is 0 Å². The van der Waals surface area contributed by atoms with Crippen LogP contribution in [0.4, 0.5) is 0 Å². The van der Waals surface area contributed by atoms with Crippen molar-refractivity contribution in [2.75, 3.05) is 53.1 Å². The second-order valence-electron chi connectivity index (χ2n) is 5.95. The number of likely N-dealkylation sites (tertiary alicyclic amines) is 1. The first-order valence-electron chi connectivity index (χ1n) is 7.84. The molecule has 1 amide bonds. The van der Waals surface area contributed by atoms with Crippen molar-refractivity contribution in [3.63, 3.8) is 0 Å². The monoisotopic (exact) mass is 284 g/mol. The average Bonchev–Trinajstić information content (AvgIpc) is 2.96. The molecule has 0 aromatic carbocycles. The summed E-state index contributed by atoms with van der Waals surface area (Å²) in [5.74, 6) is 0.647. The van der Waals surface area contributed by atoms with Crippen LogP contribution in [0.15, 0.2) is 0 Å². The molecule has 2 aliphatic rings. The summed E-state index contributed by atoms with van der Waals surface area (Å²) in [6, 6.07) is 0.375. The van der Waals surface area contributed by atoms with E-state index in [1.54, 1.807) is 0 Å². The van der Waals surface area contributed by atoms with Gasteiger partial charge in [-0.3, -0.25) is 4.79 Å². The highest BCUT2D eigenvalue weighted by Gasteiger charge is 2.30. The summed E-state index contributed by atoms with van der Waals surface area (Å²) in [7, 11) is 2.15. The molecule has 0 aromatic rings. The van der Waals surface area contributed by atoms with E-state index >= 15 is 0 Å². The quantitative estimate of drug-likeness (QED) is 0.729. The molecule has 0 N–H and O–H groups in total. The smallest absolute Gasteiger partial charge is 0.248 e. The lowest BCUT2D eigenvalue weighted by atomic mass is 10.0. The summed E-state index contributed by atoms with van der Waals surface area (Å²) in [4.78, 5) is 16.8. The summed E-state index contributed by atoms with van der Waals surface area (Å²) in [6.07, 6.45) is 3.22. The molecule has 0 aliphatic carbocycles. The number of ether oxygens (including phenoxy) is 2. The highest BCUT2D eigenvalue weighted by Crippen LogP contribution is 2.21. The Balaban J connectivity index is 1.92. The van der Waals surface area contributed by atoms with Crippen LogP contribution < -0.4 is 0 Å². The van der Waals surface area contributed by atoms with Gasteiger partial charge in [-0.05, 0) is 46.3 Å². The Bertz CT molecular complexity index is 297. The molecule has 0 radical (unpaired) electrons. The molecule has 2 aliphatic heterocycles. The highest BCUT2D eigenvalue weighted by atomic mass is 16.5. The second kappa shape index (κ2) is 7.96. The minimum Gasteiger partial charge on any atom is -0.381 e. The Morgan fingerprint density at radius 3 is 2.70 bits per heavy atom. The predicted octanol–water partition coefficient (Wildman–Crippen LogP) is 0.982. The lowest BCUT2D eigenvalue weighted by Crippen LogP contribution is -2.49. The van der Waals surface area contributed by atoms with Gasteiger partial charge in [0.1, 0.15) is 6.61 Å². The molecule has 2 rings (SSSR count). The molecule has 0 spiro atoms. The third-order valence-corrected chi connectivity index (χ3v) is 4.36. The summed E-state index contributed by atoms with van der Waals surface area (Å²) in [6.45, 7) is 7.36. The van der Waals surface area contributed by atoms with Gasteiger partial charge in [0.25, 0.3) is 0 Å². The van der Waals surface area contributed by atoms with Crippen molar-refractivity contribution >= 4 is 5.91 Å². The van der Waals surface area contributed by atoms with Crippen molar-refractivity contribution in [1.82, 2.24) is 9.80 Å². The summed E-state index contributed by atoms with van der Waals surface area (Å²) in [5.41, 5.74) is 0. The van der Waals surface area contributed by atoms with Crippen LogP contribution in [0.5, 0.6) is 0 Å². The molecular weight excluding hydrogens is 256 g/mol. The fraction of sp³-hybridized carbons (Fsp3) is 0.933. The SMILES string of the molecule is CCOCC(=O)N(CC1CCOC1)C1CCN(C)CC1. The minimum atomic E-state index is 0.147. The number of carbonyl (C=O) groups excluding carboxylic acids is 1. The third kappa shape index (κ3) is 4.43. The Hall–Kier alpha value is -0.650. The van der Waals surface area contributed by atoms with E-state index in [1.165, 1.54) is 0 Å². The summed E-state index contributed by atoms with van der Waals surface area (Å²) in [5, 5.41) is 0. The standard InChI is InChI=1S/C15H28N2O3/c1-3-19-12-15(18)17(10-13-6-9-20-11-13)14-4-7-16(2)8-5-14/h13-14H,3-12H2,1-2H3. The van der Waals surface area contributed by atoms with E-state index in [-0.39, 0.29) is 12.5 Å². The number of rotatable bonds is 6. The number of hydrogen-bond donors (Lipinski definition) is 0. The zero-order valence-electron chi connectivity index (χ0n) is 12.8. The number of hydrogen-bond acceptors (Lipinski definition) is 4. The zero-order chi connectivity index (χ0) is 14.4. The van der Waals surface area contributed by atoms with Gasteiger partial charge < -0.3 is 19.3 Å². The summed E-state index contributed by atoms with van der Waals surface area (Å²) < 4.78 is 10.8. The van der Waals surface area contributed by atoms with Gasteiger partial charge in [-0.25, -0.2) is 0 Å². The van der Waals surface area contributed by atoms with Crippen LogP contribution in [0.2, 0.25) is 0 Å². The fourth-order valence-electron chi connectivity index (χ4n) is 3.04. The van der Waals surface area contributed by atoms with Crippen LogP contribution in [0.25, 0.3) is 0 Å². The normalized spacial score (nSPS) is 25.0.